The zero-order chi connectivity index (χ0) is 22.6. The Morgan fingerprint density at radius 1 is 0.938 bits per heavy atom. The number of piperazine rings is 1. The standard InChI is InChI=1S/C25H33N3O3S/c1-20-11-13-22(14-12-20)32(30,31)19-25(29)26-23-9-5-6-10-24(23)28-17-15-27(16-18-28)21-7-3-2-4-8-21/h5-6,9-14,21H,2-4,7-8,15-19H2,1H3,(H,26,29). The molecule has 2 aromatic rings. The number of sulfone groups is 1. The van der Waals surface area contributed by atoms with Gasteiger partial charge in [-0.25, -0.2) is 8.42 Å². The molecule has 2 fully saturated rings. The molecule has 1 saturated heterocycles. The van der Waals surface area contributed by atoms with Gasteiger partial charge in [-0.2, -0.15) is 0 Å². The number of hydrogen-bond acceptors (Lipinski definition) is 5. The fourth-order valence-electron chi connectivity index (χ4n) is 4.82. The summed E-state index contributed by atoms with van der Waals surface area (Å²) in [4.78, 5) is 17.7. The van der Waals surface area contributed by atoms with Gasteiger partial charge in [-0.1, -0.05) is 49.1 Å². The van der Waals surface area contributed by atoms with Gasteiger partial charge in [0.15, 0.2) is 9.84 Å². The first-order chi connectivity index (χ1) is 15.4. The predicted molar refractivity (Wildman–Crippen MR) is 129 cm³/mol. The Morgan fingerprint density at radius 3 is 2.28 bits per heavy atom. The Bertz CT molecular complexity index is 1020. The van der Waals surface area contributed by atoms with Crippen molar-refractivity contribution in [1.29, 1.82) is 0 Å². The minimum atomic E-state index is -3.69. The zero-order valence-corrected chi connectivity index (χ0v) is 19.6. The summed E-state index contributed by atoms with van der Waals surface area (Å²) in [6, 6.07) is 15.0. The molecule has 0 aromatic heterocycles. The van der Waals surface area contributed by atoms with Gasteiger partial charge >= 0.3 is 0 Å². The molecule has 32 heavy (non-hydrogen) atoms. The van der Waals surface area contributed by atoms with Crippen LogP contribution in [0.2, 0.25) is 0 Å². The lowest BCUT2D eigenvalue weighted by Crippen LogP contribution is -2.51. The van der Waals surface area contributed by atoms with Gasteiger partial charge in [0.1, 0.15) is 5.75 Å². The lowest BCUT2D eigenvalue weighted by Gasteiger charge is -2.42. The molecule has 1 aliphatic heterocycles. The third-order valence-corrected chi connectivity index (χ3v) is 8.26. The maximum Gasteiger partial charge on any atom is 0.240 e. The van der Waals surface area contributed by atoms with E-state index in [0.717, 1.165) is 37.4 Å². The molecule has 0 bridgehead atoms. The summed E-state index contributed by atoms with van der Waals surface area (Å²) in [7, 11) is -3.69. The number of hydrogen-bond donors (Lipinski definition) is 1. The van der Waals surface area contributed by atoms with E-state index >= 15 is 0 Å². The first kappa shape index (κ1) is 22.8. The van der Waals surface area contributed by atoms with Crippen LogP contribution in [0.5, 0.6) is 0 Å². The molecule has 172 valence electrons. The summed E-state index contributed by atoms with van der Waals surface area (Å²) in [6.07, 6.45) is 6.66. The van der Waals surface area contributed by atoms with E-state index < -0.39 is 21.5 Å². The summed E-state index contributed by atoms with van der Waals surface area (Å²) in [5, 5.41) is 2.85. The SMILES string of the molecule is Cc1ccc(S(=O)(=O)CC(=O)Nc2ccccc2N2CCN(C3CCCCC3)CC2)cc1. The van der Waals surface area contributed by atoms with Crippen molar-refractivity contribution in [3.63, 3.8) is 0 Å². The molecule has 2 aromatic carbocycles. The minimum absolute atomic E-state index is 0.172. The molecular weight excluding hydrogens is 422 g/mol. The van der Waals surface area contributed by atoms with Gasteiger partial charge in [-0.05, 0) is 44.0 Å². The molecule has 0 unspecified atom stereocenters. The summed E-state index contributed by atoms with van der Waals surface area (Å²) in [5.41, 5.74) is 2.60. The van der Waals surface area contributed by atoms with E-state index in [4.69, 9.17) is 0 Å². The second kappa shape index (κ2) is 10.0. The van der Waals surface area contributed by atoms with E-state index in [-0.39, 0.29) is 4.90 Å². The topological polar surface area (TPSA) is 69.7 Å². The molecule has 2 aliphatic rings. The number of rotatable bonds is 6. The van der Waals surface area contributed by atoms with Crippen LogP contribution in [0.4, 0.5) is 11.4 Å². The van der Waals surface area contributed by atoms with Crippen LogP contribution in [0.1, 0.15) is 37.7 Å². The molecule has 6 nitrogen and oxygen atoms in total. The molecule has 0 radical (unpaired) electrons. The summed E-state index contributed by atoms with van der Waals surface area (Å²) in [6.45, 7) is 5.76. The van der Waals surface area contributed by atoms with E-state index in [0.29, 0.717) is 11.7 Å². The van der Waals surface area contributed by atoms with Crippen LogP contribution in [-0.4, -0.2) is 57.2 Å². The second-order valence-corrected chi connectivity index (χ2v) is 10.9. The molecule has 1 N–H and O–H groups in total. The van der Waals surface area contributed by atoms with Crippen molar-refractivity contribution in [2.24, 2.45) is 0 Å². The monoisotopic (exact) mass is 455 g/mol. The number of amides is 1. The van der Waals surface area contributed by atoms with Crippen molar-refractivity contribution < 1.29 is 13.2 Å². The van der Waals surface area contributed by atoms with Crippen LogP contribution in [-0.2, 0) is 14.6 Å². The number of anilines is 2. The quantitative estimate of drug-likeness (QED) is 0.716. The number of benzene rings is 2. The van der Waals surface area contributed by atoms with Crippen molar-refractivity contribution >= 4 is 27.1 Å². The van der Waals surface area contributed by atoms with Gasteiger partial charge in [0.05, 0.1) is 16.3 Å². The lowest BCUT2D eigenvalue weighted by molar-refractivity contribution is -0.113. The number of carbonyl (C=O) groups excluding carboxylic acids is 1. The van der Waals surface area contributed by atoms with Crippen LogP contribution in [0, 0.1) is 6.92 Å². The largest absolute Gasteiger partial charge is 0.367 e. The maximum absolute atomic E-state index is 12.6. The molecule has 0 spiro atoms. The smallest absolute Gasteiger partial charge is 0.240 e. The van der Waals surface area contributed by atoms with E-state index in [9.17, 15) is 13.2 Å². The van der Waals surface area contributed by atoms with Crippen molar-refractivity contribution in [2.45, 2.75) is 50.0 Å². The second-order valence-electron chi connectivity index (χ2n) is 8.95. The average Bonchev–Trinajstić information content (AvgIpc) is 2.80. The Balaban J connectivity index is 1.39. The van der Waals surface area contributed by atoms with E-state index in [1.165, 1.54) is 32.1 Å². The van der Waals surface area contributed by atoms with E-state index in [1.54, 1.807) is 24.3 Å². The Morgan fingerprint density at radius 2 is 1.59 bits per heavy atom. The predicted octanol–water partition coefficient (Wildman–Crippen LogP) is 3.86. The first-order valence-electron chi connectivity index (χ1n) is 11.6. The normalized spacial score (nSPS) is 18.5. The average molecular weight is 456 g/mol. The number of carbonyl (C=O) groups is 1. The molecule has 1 aliphatic carbocycles. The van der Waals surface area contributed by atoms with Crippen LogP contribution < -0.4 is 10.2 Å². The van der Waals surface area contributed by atoms with E-state index in [1.807, 2.05) is 31.2 Å². The molecule has 4 rings (SSSR count). The van der Waals surface area contributed by atoms with Crippen LogP contribution in [0.3, 0.4) is 0 Å². The first-order valence-corrected chi connectivity index (χ1v) is 13.2. The van der Waals surface area contributed by atoms with Gasteiger partial charge < -0.3 is 10.2 Å². The lowest BCUT2D eigenvalue weighted by atomic mass is 9.94. The highest BCUT2D eigenvalue weighted by Crippen LogP contribution is 2.29. The van der Waals surface area contributed by atoms with Crippen LogP contribution >= 0.6 is 0 Å². The number of nitrogens with zero attached hydrogens (tertiary/aromatic N) is 2. The summed E-state index contributed by atoms with van der Waals surface area (Å²) < 4.78 is 25.3. The highest BCUT2D eigenvalue weighted by molar-refractivity contribution is 7.92. The third-order valence-electron chi connectivity index (χ3n) is 6.63. The maximum atomic E-state index is 12.6. The minimum Gasteiger partial charge on any atom is -0.367 e. The third kappa shape index (κ3) is 5.51. The molecule has 7 heteroatoms. The van der Waals surface area contributed by atoms with Crippen molar-refractivity contribution in [2.75, 3.05) is 42.1 Å². The number of para-hydroxylation sites is 2. The summed E-state index contributed by atoms with van der Waals surface area (Å²) in [5.74, 6) is -1.08. The van der Waals surface area contributed by atoms with Gasteiger partial charge in [-0.3, -0.25) is 9.69 Å². The highest BCUT2D eigenvalue weighted by atomic mass is 32.2. The van der Waals surface area contributed by atoms with Gasteiger partial charge in [0.2, 0.25) is 5.91 Å². The highest BCUT2D eigenvalue weighted by Gasteiger charge is 2.26. The fourth-order valence-corrected chi connectivity index (χ4v) is 5.95. The van der Waals surface area contributed by atoms with Crippen molar-refractivity contribution in [3.05, 3.63) is 54.1 Å². The van der Waals surface area contributed by atoms with Crippen molar-refractivity contribution in [3.8, 4) is 0 Å². The molecule has 1 heterocycles. The molecule has 0 atom stereocenters. The fraction of sp³-hybridized carbons (Fsp3) is 0.480. The molecule has 1 saturated carbocycles. The summed E-state index contributed by atoms with van der Waals surface area (Å²) >= 11 is 0. The Labute approximate surface area is 191 Å². The zero-order valence-electron chi connectivity index (χ0n) is 18.8. The molecule has 1 amide bonds. The Kier molecular flexibility index (Phi) is 7.16. The molecular formula is C25H33N3O3S. The Hall–Kier alpha value is -2.38. The number of nitrogens with one attached hydrogen (secondary N) is 1. The van der Waals surface area contributed by atoms with Crippen LogP contribution in [0.25, 0.3) is 0 Å². The number of aryl methyl sites for hydroxylation is 1. The van der Waals surface area contributed by atoms with Crippen molar-refractivity contribution in [1.82, 2.24) is 4.90 Å². The van der Waals surface area contributed by atoms with Gasteiger partial charge in [0, 0.05) is 32.2 Å². The van der Waals surface area contributed by atoms with Gasteiger partial charge in [0.25, 0.3) is 0 Å². The van der Waals surface area contributed by atoms with E-state index in [2.05, 4.69) is 15.1 Å². The van der Waals surface area contributed by atoms with Gasteiger partial charge in [-0.15, -0.1) is 0 Å². The van der Waals surface area contributed by atoms with Crippen LogP contribution in [0.15, 0.2) is 53.4 Å².